The highest BCUT2D eigenvalue weighted by Crippen LogP contribution is 2.07. The third-order valence-electron chi connectivity index (χ3n) is 1.87. The topological polar surface area (TPSA) is 27.7 Å². The fourth-order valence-corrected chi connectivity index (χ4v) is 0.928. The summed E-state index contributed by atoms with van der Waals surface area (Å²) in [7, 11) is 0. The summed E-state index contributed by atoms with van der Waals surface area (Å²) >= 11 is 0. The molecule has 0 fully saturated rings. The highest BCUT2D eigenvalue weighted by molar-refractivity contribution is 5.87. The molecule has 0 atom stereocenters. The van der Waals surface area contributed by atoms with Crippen LogP contribution in [-0.4, -0.2) is 23.0 Å². The lowest BCUT2D eigenvalue weighted by atomic mass is 10.1. The van der Waals surface area contributed by atoms with Crippen molar-refractivity contribution in [2.75, 3.05) is 6.54 Å². The molecule has 0 aromatic rings. The number of nitrogens with zero attached hydrogens (tertiary/aromatic N) is 3. The summed E-state index contributed by atoms with van der Waals surface area (Å²) in [5.41, 5.74) is 1.19. The zero-order valence-corrected chi connectivity index (χ0v) is 7.70. The summed E-state index contributed by atoms with van der Waals surface area (Å²) in [6.07, 6.45) is 0. The zero-order valence-electron chi connectivity index (χ0n) is 7.70. The summed E-state index contributed by atoms with van der Waals surface area (Å²) in [6, 6.07) is 0.468. The normalized spacial score (nSPS) is 17.6. The van der Waals surface area contributed by atoms with Crippen LogP contribution in [0.15, 0.2) is 10.3 Å². The van der Waals surface area contributed by atoms with Crippen molar-refractivity contribution in [3.05, 3.63) is 0 Å². The lowest BCUT2D eigenvalue weighted by molar-refractivity contribution is -0.605. The van der Waals surface area contributed by atoms with Gasteiger partial charge in [0.1, 0.15) is 11.3 Å². The zero-order chi connectivity index (χ0) is 8.43. The van der Waals surface area contributed by atoms with Crippen LogP contribution in [0, 0.1) is 5.92 Å². The Morgan fingerprint density at radius 1 is 1.27 bits per heavy atom. The first-order chi connectivity index (χ1) is 5.11. The lowest BCUT2D eigenvalue weighted by Crippen LogP contribution is -2.23. The average Bonchev–Trinajstić information content (AvgIpc) is 2.33. The maximum absolute atomic E-state index is 4.11. The molecule has 0 N–H and O–H groups in total. The molecule has 0 saturated heterocycles. The van der Waals surface area contributed by atoms with Crippen molar-refractivity contribution < 1.29 is 4.70 Å². The third-order valence-corrected chi connectivity index (χ3v) is 1.87. The number of hydrogen-bond donors (Lipinski definition) is 0. The van der Waals surface area contributed by atoms with Crippen LogP contribution in [0.3, 0.4) is 0 Å². The van der Waals surface area contributed by atoms with E-state index < -0.39 is 0 Å². The second kappa shape index (κ2) is 3.11. The molecule has 0 spiro atoms. The monoisotopic (exact) mass is 154 g/mol. The largest absolute Gasteiger partial charge is 0.203 e. The summed E-state index contributed by atoms with van der Waals surface area (Å²) < 4.78 is 2.01. The van der Waals surface area contributed by atoms with Crippen molar-refractivity contribution >= 4 is 5.71 Å². The molecule has 0 aliphatic carbocycles. The van der Waals surface area contributed by atoms with Crippen LogP contribution in [0.25, 0.3) is 0 Å². The molecule has 0 radical (unpaired) electrons. The molecule has 0 saturated carbocycles. The van der Waals surface area contributed by atoms with Crippen LogP contribution in [-0.2, 0) is 0 Å². The van der Waals surface area contributed by atoms with Crippen LogP contribution in [0.4, 0.5) is 0 Å². The molecule has 1 aliphatic heterocycles. The van der Waals surface area contributed by atoms with Gasteiger partial charge in [-0.05, 0) is 13.8 Å². The van der Waals surface area contributed by atoms with Crippen molar-refractivity contribution in [3.8, 4) is 0 Å². The van der Waals surface area contributed by atoms with Gasteiger partial charge in [-0.25, -0.2) is 0 Å². The molecule has 1 rings (SSSR count). The maximum Gasteiger partial charge on any atom is 0.203 e. The van der Waals surface area contributed by atoms with Gasteiger partial charge in [0.05, 0.1) is 5.10 Å². The van der Waals surface area contributed by atoms with E-state index in [0.29, 0.717) is 12.0 Å². The van der Waals surface area contributed by atoms with Gasteiger partial charge in [-0.1, -0.05) is 13.8 Å². The molecule has 0 unspecified atom stereocenters. The van der Waals surface area contributed by atoms with E-state index in [0.717, 1.165) is 6.54 Å². The fraction of sp³-hybridized carbons (Fsp3) is 0.875. The molecule has 0 aromatic carbocycles. The van der Waals surface area contributed by atoms with Gasteiger partial charge in [-0.2, -0.15) is 4.70 Å². The first-order valence-electron chi connectivity index (χ1n) is 4.15. The molecule has 0 aromatic heterocycles. The van der Waals surface area contributed by atoms with E-state index >= 15 is 0 Å². The Morgan fingerprint density at radius 3 is 2.18 bits per heavy atom. The molecule has 0 bridgehead atoms. The van der Waals surface area contributed by atoms with E-state index in [9.17, 15) is 0 Å². The first kappa shape index (κ1) is 8.37. The van der Waals surface area contributed by atoms with E-state index in [2.05, 4.69) is 38.0 Å². The first-order valence-corrected chi connectivity index (χ1v) is 4.15. The minimum atomic E-state index is 0.468. The molecule has 1 aliphatic rings. The van der Waals surface area contributed by atoms with Crippen LogP contribution in [0.5, 0.6) is 0 Å². The fourth-order valence-electron chi connectivity index (χ4n) is 0.928. The molecule has 11 heavy (non-hydrogen) atoms. The van der Waals surface area contributed by atoms with Gasteiger partial charge in [0, 0.05) is 5.92 Å². The van der Waals surface area contributed by atoms with Gasteiger partial charge >= 0.3 is 0 Å². The van der Waals surface area contributed by atoms with Gasteiger partial charge in [0.25, 0.3) is 0 Å². The molecule has 3 nitrogen and oxygen atoms in total. The van der Waals surface area contributed by atoms with Crippen LogP contribution in [0.2, 0.25) is 0 Å². The molecule has 3 heteroatoms. The van der Waals surface area contributed by atoms with Crippen molar-refractivity contribution in [2.24, 2.45) is 16.2 Å². The summed E-state index contributed by atoms with van der Waals surface area (Å²) in [4.78, 5) is 0. The summed E-state index contributed by atoms with van der Waals surface area (Å²) in [5, 5.41) is 8.16. The van der Waals surface area contributed by atoms with Gasteiger partial charge < -0.3 is 0 Å². The highest BCUT2D eigenvalue weighted by atomic mass is 15.5. The third kappa shape index (κ3) is 1.85. The average molecular weight is 154 g/mol. The Labute approximate surface area is 67.8 Å². The Balaban J connectivity index is 2.52. The second-order valence-corrected chi connectivity index (χ2v) is 3.53. The van der Waals surface area contributed by atoms with Gasteiger partial charge in [0.15, 0.2) is 6.54 Å². The van der Waals surface area contributed by atoms with Crippen LogP contribution < -0.4 is 0 Å². The quantitative estimate of drug-likeness (QED) is 0.543. The predicted molar refractivity (Wildman–Crippen MR) is 45.0 cm³/mol. The number of rotatable bonds is 2. The Bertz CT molecular complexity index is 179. The van der Waals surface area contributed by atoms with Crippen molar-refractivity contribution in [3.63, 3.8) is 0 Å². The van der Waals surface area contributed by atoms with E-state index in [1.54, 1.807) is 0 Å². The SMILES string of the molecule is CC(C)C1=NN=[N+](C(C)C)C1. The molecular formula is C8H16N3+. The Hall–Kier alpha value is -0.730. The maximum atomic E-state index is 4.11. The van der Waals surface area contributed by atoms with Crippen LogP contribution >= 0.6 is 0 Å². The second-order valence-electron chi connectivity index (χ2n) is 3.53. The standard InChI is InChI=1S/C8H16N3/c1-6(2)8-5-11(7(3)4)10-9-8/h6-7H,5H2,1-4H3/q+1. The predicted octanol–water partition coefficient (Wildman–Crippen LogP) is 1.89. The summed E-state index contributed by atoms with van der Waals surface area (Å²) in [6.45, 7) is 9.47. The summed E-state index contributed by atoms with van der Waals surface area (Å²) in [5.74, 6) is 0.530. The highest BCUT2D eigenvalue weighted by Gasteiger charge is 2.24. The lowest BCUT2D eigenvalue weighted by Gasteiger charge is -2.01. The number of hydrogen-bond acceptors (Lipinski definition) is 2. The van der Waals surface area contributed by atoms with E-state index in [1.165, 1.54) is 5.71 Å². The molecular weight excluding hydrogens is 138 g/mol. The van der Waals surface area contributed by atoms with E-state index in [1.807, 2.05) is 4.70 Å². The van der Waals surface area contributed by atoms with Crippen LogP contribution in [0.1, 0.15) is 27.7 Å². The minimum absolute atomic E-state index is 0.468. The van der Waals surface area contributed by atoms with Crippen molar-refractivity contribution in [2.45, 2.75) is 33.7 Å². The van der Waals surface area contributed by atoms with Crippen molar-refractivity contribution in [1.82, 2.24) is 0 Å². The molecule has 62 valence electrons. The Morgan fingerprint density at radius 2 is 1.91 bits per heavy atom. The van der Waals surface area contributed by atoms with Gasteiger partial charge in [-0.3, -0.25) is 0 Å². The van der Waals surface area contributed by atoms with Gasteiger partial charge in [-0.15, -0.1) is 0 Å². The molecule has 0 amide bonds. The minimum Gasteiger partial charge on any atom is -0.154 e. The Kier molecular flexibility index (Phi) is 2.37. The smallest absolute Gasteiger partial charge is 0.154 e. The van der Waals surface area contributed by atoms with Crippen molar-refractivity contribution in [1.29, 1.82) is 0 Å². The van der Waals surface area contributed by atoms with E-state index in [-0.39, 0.29) is 0 Å². The van der Waals surface area contributed by atoms with Gasteiger partial charge in [0.2, 0.25) is 5.71 Å². The molecule has 1 heterocycles. The van der Waals surface area contributed by atoms with E-state index in [4.69, 9.17) is 0 Å².